The Hall–Kier alpha value is -1.15. The van der Waals surface area contributed by atoms with E-state index in [0.717, 1.165) is 5.56 Å². The second kappa shape index (κ2) is 2.47. The number of hydrogen-bond donors (Lipinski definition) is 0. The largest absolute Gasteiger partial charge is 0.360 e. The third-order valence-corrected chi connectivity index (χ3v) is 1.77. The Labute approximate surface area is 65.5 Å². The van der Waals surface area contributed by atoms with Gasteiger partial charge in [0.25, 0.3) is 0 Å². The van der Waals surface area contributed by atoms with Crippen LogP contribution < -0.4 is 0 Å². The molecule has 0 aliphatic carbocycles. The van der Waals surface area contributed by atoms with Gasteiger partial charge in [-0.15, -0.1) is 6.58 Å². The molecule has 2 heterocycles. The fourth-order valence-corrected chi connectivity index (χ4v) is 1.12. The van der Waals surface area contributed by atoms with Crippen LogP contribution in [0.4, 0.5) is 0 Å². The van der Waals surface area contributed by atoms with Crippen molar-refractivity contribution in [1.29, 1.82) is 0 Å². The first-order valence-corrected chi connectivity index (χ1v) is 3.60. The molecule has 0 radical (unpaired) electrons. The summed E-state index contributed by atoms with van der Waals surface area (Å²) in [4.78, 5) is 4.00. The van der Waals surface area contributed by atoms with Gasteiger partial charge in [0.15, 0.2) is 0 Å². The molecule has 0 N–H and O–H groups in total. The Bertz CT molecular complexity index is 258. The Morgan fingerprint density at radius 1 is 1.64 bits per heavy atom. The lowest BCUT2D eigenvalue weighted by molar-refractivity contribution is 0.394. The summed E-state index contributed by atoms with van der Waals surface area (Å²) in [5, 5.41) is 0. The predicted molar refractivity (Wildman–Crippen MR) is 42.0 cm³/mol. The summed E-state index contributed by atoms with van der Waals surface area (Å²) in [6.07, 6.45) is 5.82. The van der Waals surface area contributed by atoms with E-state index in [1.807, 2.05) is 24.4 Å². The highest BCUT2D eigenvalue weighted by Crippen LogP contribution is 2.38. The minimum absolute atomic E-state index is 0.208. The number of pyridine rings is 1. The molecule has 2 rings (SSSR count). The number of ether oxygens (including phenoxy) is 1. The van der Waals surface area contributed by atoms with E-state index in [2.05, 4.69) is 11.6 Å². The van der Waals surface area contributed by atoms with E-state index in [4.69, 9.17) is 4.74 Å². The SMILES string of the molecule is C=C[C@H]1O[C@H]1c1cccnc1. The molecular weight excluding hydrogens is 138 g/mol. The van der Waals surface area contributed by atoms with Gasteiger partial charge in [-0.1, -0.05) is 12.1 Å². The topological polar surface area (TPSA) is 25.4 Å². The quantitative estimate of drug-likeness (QED) is 0.470. The summed E-state index contributed by atoms with van der Waals surface area (Å²) < 4.78 is 5.29. The average molecular weight is 147 g/mol. The van der Waals surface area contributed by atoms with E-state index < -0.39 is 0 Å². The third kappa shape index (κ3) is 1.17. The minimum Gasteiger partial charge on any atom is -0.360 e. The fraction of sp³-hybridized carbons (Fsp3) is 0.222. The minimum atomic E-state index is 0.208. The summed E-state index contributed by atoms with van der Waals surface area (Å²) in [6.45, 7) is 3.65. The standard InChI is InChI=1S/C9H9NO/c1-2-8-9(11-8)7-4-3-5-10-6-7/h2-6,8-9H,1H2/t8-,9+/m1/s1. The Balaban J connectivity index is 2.14. The van der Waals surface area contributed by atoms with Crippen molar-refractivity contribution in [3.05, 3.63) is 42.7 Å². The molecule has 2 nitrogen and oxygen atoms in total. The lowest BCUT2D eigenvalue weighted by Gasteiger charge is -1.90. The summed E-state index contributed by atoms with van der Waals surface area (Å²) >= 11 is 0. The molecule has 0 saturated carbocycles. The van der Waals surface area contributed by atoms with Crippen LogP contribution in [0, 0.1) is 0 Å². The summed E-state index contributed by atoms with van der Waals surface area (Å²) in [5.41, 5.74) is 1.14. The normalized spacial score (nSPS) is 28.0. The fourth-order valence-electron chi connectivity index (χ4n) is 1.12. The number of aromatic nitrogens is 1. The van der Waals surface area contributed by atoms with Crippen molar-refractivity contribution in [3.8, 4) is 0 Å². The number of rotatable bonds is 2. The van der Waals surface area contributed by atoms with E-state index in [1.54, 1.807) is 6.20 Å². The molecular formula is C9H9NO. The van der Waals surface area contributed by atoms with Gasteiger partial charge in [-0.3, -0.25) is 4.98 Å². The lowest BCUT2D eigenvalue weighted by atomic mass is 10.2. The van der Waals surface area contributed by atoms with Crippen molar-refractivity contribution >= 4 is 0 Å². The van der Waals surface area contributed by atoms with E-state index in [1.165, 1.54) is 0 Å². The average Bonchev–Trinajstić information content (AvgIpc) is 2.85. The molecule has 1 saturated heterocycles. The van der Waals surface area contributed by atoms with Gasteiger partial charge in [0.05, 0.1) is 0 Å². The van der Waals surface area contributed by atoms with Gasteiger partial charge in [0.2, 0.25) is 0 Å². The van der Waals surface area contributed by atoms with Gasteiger partial charge < -0.3 is 4.74 Å². The first-order chi connectivity index (χ1) is 5.42. The third-order valence-electron chi connectivity index (χ3n) is 1.77. The zero-order chi connectivity index (χ0) is 7.68. The summed E-state index contributed by atoms with van der Waals surface area (Å²) in [5.74, 6) is 0. The van der Waals surface area contributed by atoms with Crippen LogP contribution in [0.3, 0.4) is 0 Å². The molecule has 0 amide bonds. The van der Waals surface area contributed by atoms with Crippen LogP contribution in [0.15, 0.2) is 37.2 Å². The van der Waals surface area contributed by atoms with Crippen molar-refractivity contribution in [3.63, 3.8) is 0 Å². The van der Waals surface area contributed by atoms with Crippen molar-refractivity contribution in [2.75, 3.05) is 0 Å². The highest BCUT2D eigenvalue weighted by atomic mass is 16.6. The Morgan fingerprint density at radius 3 is 3.09 bits per heavy atom. The van der Waals surface area contributed by atoms with Gasteiger partial charge in [-0.2, -0.15) is 0 Å². The van der Waals surface area contributed by atoms with Crippen LogP contribution in [0.2, 0.25) is 0 Å². The van der Waals surface area contributed by atoms with E-state index >= 15 is 0 Å². The summed E-state index contributed by atoms with van der Waals surface area (Å²) in [7, 11) is 0. The number of nitrogens with zero attached hydrogens (tertiary/aromatic N) is 1. The molecule has 1 aliphatic heterocycles. The van der Waals surface area contributed by atoms with Gasteiger partial charge >= 0.3 is 0 Å². The van der Waals surface area contributed by atoms with Crippen molar-refractivity contribution in [1.82, 2.24) is 4.98 Å². The van der Waals surface area contributed by atoms with E-state index in [9.17, 15) is 0 Å². The van der Waals surface area contributed by atoms with Crippen molar-refractivity contribution in [2.45, 2.75) is 12.2 Å². The van der Waals surface area contributed by atoms with Crippen molar-refractivity contribution < 1.29 is 4.74 Å². The van der Waals surface area contributed by atoms with E-state index in [-0.39, 0.29) is 12.2 Å². The van der Waals surface area contributed by atoms with E-state index in [0.29, 0.717) is 0 Å². The van der Waals surface area contributed by atoms with Crippen molar-refractivity contribution in [2.24, 2.45) is 0 Å². The zero-order valence-electron chi connectivity index (χ0n) is 6.10. The maximum Gasteiger partial charge on any atom is 0.115 e. The van der Waals surface area contributed by atoms with Gasteiger partial charge in [-0.05, 0) is 6.07 Å². The van der Waals surface area contributed by atoms with Crippen LogP contribution in [0.1, 0.15) is 11.7 Å². The highest BCUT2D eigenvalue weighted by Gasteiger charge is 2.37. The highest BCUT2D eigenvalue weighted by molar-refractivity contribution is 5.20. The second-order valence-electron chi connectivity index (χ2n) is 2.54. The maximum absolute atomic E-state index is 5.29. The molecule has 11 heavy (non-hydrogen) atoms. The molecule has 1 aromatic heterocycles. The molecule has 2 heteroatoms. The van der Waals surface area contributed by atoms with Gasteiger partial charge in [0.1, 0.15) is 12.2 Å². The first-order valence-electron chi connectivity index (χ1n) is 3.60. The molecule has 1 aromatic rings. The van der Waals surface area contributed by atoms with Crippen LogP contribution in [-0.2, 0) is 4.74 Å². The zero-order valence-corrected chi connectivity index (χ0v) is 6.10. The Morgan fingerprint density at radius 2 is 2.55 bits per heavy atom. The predicted octanol–water partition coefficient (Wildman–Crippen LogP) is 1.71. The van der Waals surface area contributed by atoms with Gasteiger partial charge in [-0.25, -0.2) is 0 Å². The molecule has 0 aromatic carbocycles. The lowest BCUT2D eigenvalue weighted by Crippen LogP contribution is -1.84. The van der Waals surface area contributed by atoms with Crippen LogP contribution in [0.5, 0.6) is 0 Å². The van der Waals surface area contributed by atoms with Crippen LogP contribution in [-0.4, -0.2) is 11.1 Å². The second-order valence-corrected chi connectivity index (χ2v) is 2.54. The van der Waals surface area contributed by atoms with Crippen LogP contribution >= 0.6 is 0 Å². The molecule has 0 unspecified atom stereocenters. The number of hydrogen-bond acceptors (Lipinski definition) is 2. The summed E-state index contributed by atoms with van der Waals surface area (Å²) in [6, 6.07) is 3.93. The van der Waals surface area contributed by atoms with Gasteiger partial charge in [0, 0.05) is 18.0 Å². The number of epoxide rings is 1. The first kappa shape index (κ1) is 6.55. The van der Waals surface area contributed by atoms with Crippen LogP contribution in [0.25, 0.3) is 0 Å². The smallest absolute Gasteiger partial charge is 0.115 e. The molecule has 0 spiro atoms. The molecule has 1 fully saturated rings. The monoisotopic (exact) mass is 147 g/mol. The molecule has 0 bridgehead atoms. The Kier molecular flexibility index (Phi) is 1.47. The maximum atomic E-state index is 5.29. The molecule has 2 atom stereocenters. The molecule has 1 aliphatic rings. The molecule has 56 valence electrons.